The van der Waals surface area contributed by atoms with Crippen LogP contribution in [-0.4, -0.2) is 24.5 Å². The van der Waals surface area contributed by atoms with E-state index in [1.54, 1.807) is 0 Å². The van der Waals surface area contributed by atoms with E-state index < -0.39 is 5.54 Å². The van der Waals surface area contributed by atoms with Gasteiger partial charge >= 0.3 is 0 Å². The third kappa shape index (κ3) is 2.27. The van der Waals surface area contributed by atoms with Gasteiger partial charge in [0.25, 0.3) is 0 Å². The van der Waals surface area contributed by atoms with E-state index in [-0.39, 0.29) is 5.91 Å². The number of hydrogen-bond acceptors (Lipinski definition) is 2. The van der Waals surface area contributed by atoms with Crippen LogP contribution in [0.3, 0.4) is 0 Å². The minimum atomic E-state index is -0.391. The van der Waals surface area contributed by atoms with Crippen LogP contribution >= 0.6 is 0 Å². The predicted octanol–water partition coefficient (Wildman–Crippen LogP) is 2.49. The van der Waals surface area contributed by atoms with Crippen LogP contribution in [0.1, 0.15) is 32.3 Å². The molecule has 1 aromatic carbocycles. The van der Waals surface area contributed by atoms with Gasteiger partial charge in [0.1, 0.15) is 0 Å². The Bertz CT molecular complexity index is 436. The summed E-state index contributed by atoms with van der Waals surface area (Å²) in [4.78, 5) is 14.6. The predicted molar refractivity (Wildman–Crippen MR) is 74.8 cm³/mol. The average Bonchev–Trinajstić information content (AvgIpc) is 2.81. The summed E-state index contributed by atoms with van der Waals surface area (Å²) in [6.07, 6.45) is 2.00. The van der Waals surface area contributed by atoms with Crippen LogP contribution in [0.25, 0.3) is 0 Å². The number of carbonyl (C=O) groups excluding carboxylic acids is 1. The van der Waals surface area contributed by atoms with Gasteiger partial charge in [0.05, 0.1) is 5.54 Å². The standard InChI is InChI=1S/C15H22N2O/c1-4-17(13-9-6-5-8-12(13)2)14(18)15(3)10-7-11-16-15/h5-6,8-9,16H,4,7,10-11H2,1-3H3. The van der Waals surface area contributed by atoms with Crippen LogP contribution in [0, 0.1) is 6.92 Å². The van der Waals surface area contributed by atoms with E-state index >= 15 is 0 Å². The summed E-state index contributed by atoms with van der Waals surface area (Å²) in [5.74, 6) is 0.191. The molecule has 2 rings (SSSR count). The molecule has 0 spiro atoms. The molecule has 98 valence electrons. The molecule has 3 nitrogen and oxygen atoms in total. The molecule has 1 aliphatic rings. The fourth-order valence-corrected chi connectivity index (χ4v) is 2.66. The molecule has 1 aliphatic heterocycles. The molecule has 1 N–H and O–H groups in total. The second-order valence-corrected chi connectivity index (χ2v) is 5.20. The van der Waals surface area contributed by atoms with Gasteiger partial charge in [-0.05, 0) is 51.8 Å². The molecule has 0 aromatic heterocycles. The third-order valence-corrected chi connectivity index (χ3v) is 3.81. The quantitative estimate of drug-likeness (QED) is 0.888. The summed E-state index contributed by atoms with van der Waals surface area (Å²) in [5.41, 5.74) is 1.78. The van der Waals surface area contributed by atoms with Crippen molar-refractivity contribution in [3.63, 3.8) is 0 Å². The van der Waals surface area contributed by atoms with E-state index in [1.807, 2.05) is 36.9 Å². The number of anilines is 1. The molecule has 1 saturated heterocycles. The number of hydrogen-bond donors (Lipinski definition) is 1. The lowest BCUT2D eigenvalue weighted by atomic mass is 9.97. The van der Waals surface area contributed by atoms with Crippen LogP contribution in [0.5, 0.6) is 0 Å². The van der Waals surface area contributed by atoms with Crippen molar-refractivity contribution in [3.8, 4) is 0 Å². The Hall–Kier alpha value is -1.35. The van der Waals surface area contributed by atoms with E-state index in [2.05, 4.69) is 18.3 Å². The van der Waals surface area contributed by atoms with Crippen LogP contribution in [0.4, 0.5) is 5.69 Å². The first kappa shape index (κ1) is 13.1. The van der Waals surface area contributed by atoms with Gasteiger partial charge in [-0.1, -0.05) is 18.2 Å². The molecule has 1 aromatic rings. The van der Waals surface area contributed by atoms with E-state index in [0.29, 0.717) is 6.54 Å². The Morgan fingerprint density at radius 1 is 1.44 bits per heavy atom. The van der Waals surface area contributed by atoms with Gasteiger partial charge in [-0.25, -0.2) is 0 Å². The van der Waals surface area contributed by atoms with Crippen molar-refractivity contribution >= 4 is 11.6 Å². The summed E-state index contributed by atoms with van der Waals surface area (Å²) in [5, 5.41) is 3.35. The Morgan fingerprint density at radius 3 is 2.72 bits per heavy atom. The molecular weight excluding hydrogens is 224 g/mol. The highest BCUT2D eigenvalue weighted by Crippen LogP contribution is 2.26. The van der Waals surface area contributed by atoms with Crippen molar-refractivity contribution in [1.29, 1.82) is 0 Å². The molecule has 18 heavy (non-hydrogen) atoms. The van der Waals surface area contributed by atoms with Gasteiger partial charge in [0.15, 0.2) is 0 Å². The van der Waals surface area contributed by atoms with E-state index in [1.165, 1.54) is 0 Å². The largest absolute Gasteiger partial charge is 0.311 e. The lowest BCUT2D eigenvalue weighted by Crippen LogP contribution is -2.53. The van der Waals surface area contributed by atoms with Crippen molar-refractivity contribution in [1.82, 2.24) is 5.32 Å². The number of amides is 1. The fraction of sp³-hybridized carbons (Fsp3) is 0.533. The minimum absolute atomic E-state index is 0.191. The molecule has 0 bridgehead atoms. The topological polar surface area (TPSA) is 32.3 Å². The molecule has 1 fully saturated rings. The highest BCUT2D eigenvalue weighted by Gasteiger charge is 2.39. The summed E-state index contributed by atoms with van der Waals surface area (Å²) in [7, 11) is 0. The van der Waals surface area contributed by atoms with Crippen molar-refractivity contribution in [2.45, 2.75) is 39.2 Å². The number of carbonyl (C=O) groups is 1. The number of benzene rings is 1. The zero-order valence-electron chi connectivity index (χ0n) is 11.5. The van der Waals surface area contributed by atoms with E-state index in [0.717, 1.165) is 30.6 Å². The zero-order chi connectivity index (χ0) is 13.2. The van der Waals surface area contributed by atoms with Crippen LogP contribution in [0.15, 0.2) is 24.3 Å². The van der Waals surface area contributed by atoms with Gasteiger partial charge in [0.2, 0.25) is 5.91 Å². The van der Waals surface area contributed by atoms with Crippen molar-refractivity contribution < 1.29 is 4.79 Å². The zero-order valence-corrected chi connectivity index (χ0v) is 11.5. The van der Waals surface area contributed by atoms with Gasteiger partial charge in [-0.15, -0.1) is 0 Å². The van der Waals surface area contributed by atoms with Crippen LogP contribution in [-0.2, 0) is 4.79 Å². The van der Waals surface area contributed by atoms with Crippen molar-refractivity contribution in [2.24, 2.45) is 0 Å². The summed E-state index contributed by atoms with van der Waals surface area (Å²) < 4.78 is 0. The lowest BCUT2D eigenvalue weighted by molar-refractivity contribution is -0.123. The number of para-hydroxylation sites is 1. The number of aryl methyl sites for hydroxylation is 1. The number of rotatable bonds is 3. The van der Waals surface area contributed by atoms with Crippen LogP contribution in [0.2, 0.25) is 0 Å². The summed E-state index contributed by atoms with van der Waals surface area (Å²) >= 11 is 0. The number of nitrogens with one attached hydrogen (secondary N) is 1. The van der Waals surface area contributed by atoms with Gasteiger partial charge in [0, 0.05) is 12.2 Å². The molecule has 1 unspecified atom stereocenters. The first-order valence-electron chi connectivity index (χ1n) is 6.71. The first-order valence-corrected chi connectivity index (χ1v) is 6.71. The lowest BCUT2D eigenvalue weighted by Gasteiger charge is -2.32. The molecule has 3 heteroatoms. The normalized spacial score (nSPS) is 23.1. The second kappa shape index (κ2) is 5.11. The maximum atomic E-state index is 12.7. The average molecular weight is 246 g/mol. The van der Waals surface area contributed by atoms with E-state index in [9.17, 15) is 4.79 Å². The smallest absolute Gasteiger partial charge is 0.246 e. The summed E-state index contributed by atoms with van der Waals surface area (Å²) in [6, 6.07) is 8.07. The number of likely N-dealkylation sites (N-methyl/N-ethyl adjacent to an activating group) is 1. The molecule has 0 radical (unpaired) electrons. The number of nitrogens with zero attached hydrogens (tertiary/aromatic N) is 1. The molecule has 0 aliphatic carbocycles. The minimum Gasteiger partial charge on any atom is -0.311 e. The molecule has 1 heterocycles. The van der Waals surface area contributed by atoms with Crippen molar-refractivity contribution in [3.05, 3.63) is 29.8 Å². The SMILES string of the molecule is CCN(C(=O)C1(C)CCCN1)c1ccccc1C. The summed E-state index contributed by atoms with van der Waals surface area (Å²) in [6.45, 7) is 7.75. The highest BCUT2D eigenvalue weighted by atomic mass is 16.2. The Morgan fingerprint density at radius 2 is 2.17 bits per heavy atom. The Balaban J connectivity index is 2.29. The van der Waals surface area contributed by atoms with Gasteiger partial charge < -0.3 is 10.2 Å². The first-order chi connectivity index (χ1) is 8.58. The molecule has 1 atom stereocenters. The van der Waals surface area contributed by atoms with Gasteiger partial charge in [-0.3, -0.25) is 4.79 Å². The Labute approximate surface area is 109 Å². The maximum absolute atomic E-state index is 12.7. The van der Waals surface area contributed by atoms with Gasteiger partial charge in [-0.2, -0.15) is 0 Å². The molecular formula is C15H22N2O. The van der Waals surface area contributed by atoms with Crippen LogP contribution < -0.4 is 10.2 Å². The third-order valence-electron chi connectivity index (χ3n) is 3.81. The van der Waals surface area contributed by atoms with Crippen molar-refractivity contribution in [2.75, 3.05) is 18.0 Å². The monoisotopic (exact) mass is 246 g/mol. The molecule has 0 saturated carbocycles. The highest BCUT2D eigenvalue weighted by molar-refractivity contribution is 6.00. The Kier molecular flexibility index (Phi) is 3.71. The van der Waals surface area contributed by atoms with E-state index in [4.69, 9.17) is 0 Å². The fourth-order valence-electron chi connectivity index (χ4n) is 2.66. The second-order valence-electron chi connectivity index (χ2n) is 5.20. The maximum Gasteiger partial charge on any atom is 0.246 e. The molecule has 1 amide bonds.